The number of rotatable bonds is 14. The molecule has 1 aliphatic heterocycles. The van der Waals surface area contributed by atoms with Crippen LogP contribution in [-0.4, -0.2) is 25.5 Å². The van der Waals surface area contributed by atoms with Gasteiger partial charge in [-0.1, -0.05) is 77.6 Å². The highest BCUT2D eigenvalue weighted by Gasteiger charge is 2.19. The van der Waals surface area contributed by atoms with Crippen LogP contribution in [0.4, 0.5) is 0 Å². The lowest BCUT2D eigenvalue weighted by atomic mass is 9.99. The number of amides is 1. The van der Waals surface area contributed by atoms with Crippen LogP contribution < -0.4 is 10.6 Å². The van der Waals surface area contributed by atoms with Crippen molar-refractivity contribution < 1.29 is 4.79 Å². The second-order valence-electron chi connectivity index (χ2n) is 7.22. The summed E-state index contributed by atoms with van der Waals surface area (Å²) in [6.45, 7) is 5.08. The van der Waals surface area contributed by atoms with Crippen molar-refractivity contribution in [2.45, 2.75) is 96.8 Å². The highest BCUT2D eigenvalue weighted by Crippen LogP contribution is 2.12. The van der Waals surface area contributed by atoms with Gasteiger partial charge in [-0.05, 0) is 25.8 Å². The molecule has 0 bridgehead atoms. The van der Waals surface area contributed by atoms with Gasteiger partial charge in [0.25, 0.3) is 0 Å². The van der Waals surface area contributed by atoms with Gasteiger partial charge in [0.2, 0.25) is 5.91 Å². The van der Waals surface area contributed by atoms with Crippen molar-refractivity contribution in [2.75, 3.05) is 19.6 Å². The molecule has 1 fully saturated rings. The summed E-state index contributed by atoms with van der Waals surface area (Å²) in [6, 6.07) is 0. The van der Waals surface area contributed by atoms with Gasteiger partial charge < -0.3 is 10.6 Å². The van der Waals surface area contributed by atoms with Crippen molar-refractivity contribution in [3.8, 4) is 0 Å². The normalized spacial score (nSPS) is 18.0. The third-order valence-corrected chi connectivity index (χ3v) is 5.00. The van der Waals surface area contributed by atoms with Crippen LogP contribution in [0.1, 0.15) is 96.8 Å². The monoisotopic (exact) mass is 324 g/mol. The summed E-state index contributed by atoms with van der Waals surface area (Å²) in [5, 5.41) is 6.41. The van der Waals surface area contributed by atoms with Gasteiger partial charge in [-0.25, -0.2) is 0 Å². The topological polar surface area (TPSA) is 41.1 Å². The van der Waals surface area contributed by atoms with Gasteiger partial charge >= 0.3 is 0 Å². The Labute approximate surface area is 144 Å². The Hall–Kier alpha value is -0.570. The van der Waals surface area contributed by atoms with E-state index in [9.17, 15) is 4.79 Å². The summed E-state index contributed by atoms with van der Waals surface area (Å²) in [7, 11) is 0. The summed E-state index contributed by atoms with van der Waals surface area (Å²) in [4.78, 5) is 11.9. The van der Waals surface area contributed by atoms with Gasteiger partial charge in [-0.3, -0.25) is 4.79 Å². The van der Waals surface area contributed by atoms with Crippen LogP contribution in [0, 0.1) is 5.92 Å². The van der Waals surface area contributed by atoms with Crippen molar-refractivity contribution >= 4 is 5.91 Å². The second-order valence-corrected chi connectivity index (χ2v) is 7.22. The number of unbranched alkanes of at least 4 members (excludes halogenated alkanes) is 11. The largest absolute Gasteiger partial charge is 0.356 e. The molecule has 2 N–H and O–H groups in total. The minimum absolute atomic E-state index is 0.209. The Morgan fingerprint density at radius 3 is 2.00 bits per heavy atom. The molecule has 1 heterocycles. The van der Waals surface area contributed by atoms with Crippen LogP contribution in [0.2, 0.25) is 0 Å². The Morgan fingerprint density at radius 1 is 0.913 bits per heavy atom. The number of carbonyl (C=O) groups excluding carboxylic acids is 1. The van der Waals surface area contributed by atoms with Crippen molar-refractivity contribution in [2.24, 2.45) is 5.92 Å². The zero-order chi connectivity index (χ0) is 16.6. The Bertz CT molecular complexity index is 275. The fourth-order valence-electron chi connectivity index (χ4n) is 3.40. The Balaban J connectivity index is 1.76. The molecule has 0 unspecified atom stereocenters. The van der Waals surface area contributed by atoms with Gasteiger partial charge in [0.05, 0.1) is 5.92 Å². The highest BCUT2D eigenvalue weighted by molar-refractivity contribution is 5.78. The van der Waals surface area contributed by atoms with Gasteiger partial charge in [0.15, 0.2) is 0 Å². The minimum Gasteiger partial charge on any atom is -0.356 e. The maximum atomic E-state index is 11.9. The summed E-state index contributed by atoms with van der Waals surface area (Å²) in [6.07, 6.45) is 18.6. The maximum absolute atomic E-state index is 11.9. The van der Waals surface area contributed by atoms with Gasteiger partial charge in [0, 0.05) is 13.1 Å². The first-order valence-corrected chi connectivity index (χ1v) is 10.3. The Kier molecular flexibility index (Phi) is 13.3. The van der Waals surface area contributed by atoms with Gasteiger partial charge in [-0.2, -0.15) is 0 Å². The zero-order valence-corrected chi connectivity index (χ0v) is 15.5. The molecule has 0 aromatic carbocycles. The van der Waals surface area contributed by atoms with E-state index >= 15 is 0 Å². The SMILES string of the molecule is CCCCCCCCCCCCCCNC(=O)[C@@H]1CCCNC1. The molecule has 1 atom stereocenters. The molecular weight excluding hydrogens is 284 g/mol. The molecule has 0 saturated carbocycles. The number of piperidine rings is 1. The zero-order valence-electron chi connectivity index (χ0n) is 15.5. The van der Waals surface area contributed by atoms with E-state index in [-0.39, 0.29) is 11.8 Å². The van der Waals surface area contributed by atoms with Crippen LogP contribution in [-0.2, 0) is 4.79 Å². The molecule has 0 radical (unpaired) electrons. The predicted molar refractivity (Wildman–Crippen MR) is 99.7 cm³/mol. The first-order valence-electron chi connectivity index (χ1n) is 10.3. The van der Waals surface area contributed by atoms with Crippen molar-refractivity contribution in [3.05, 3.63) is 0 Å². The molecule has 3 nitrogen and oxygen atoms in total. The average Bonchev–Trinajstić information content (AvgIpc) is 2.59. The molecule has 0 aromatic rings. The minimum atomic E-state index is 0.209. The lowest BCUT2D eigenvalue weighted by molar-refractivity contribution is -0.125. The molecule has 136 valence electrons. The van der Waals surface area contributed by atoms with E-state index in [1.807, 2.05) is 0 Å². The molecule has 0 aromatic heterocycles. The molecule has 1 amide bonds. The van der Waals surface area contributed by atoms with E-state index < -0.39 is 0 Å². The molecule has 1 aliphatic rings. The number of hydrogen-bond donors (Lipinski definition) is 2. The first kappa shape index (κ1) is 20.5. The van der Waals surface area contributed by atoms with E-state index in [1.54, 1.807) is 0 Å². The molecule has 3 heteroatoms. The fourth-order valence-corrected chi connectivity index (χ4v) is 3.40. The third-order valence-electron chi connectivity index (χ3n) is 5.00. The van der Waals surface area contributed by atoms with Crippen LogP contribution in [0.25, 0.3) is 0 Å². The van der Waals surface area contributed by atoms with E-state index in [0.29, 0.717) is 0 Å². The van der Waals surface area contributed by atoms with Gasteiger partial charge in [-0.15, -0.1) is 0 Å². The van der Waals surface area contributed by atoms with Gasteiger partial charge in [0.1, 0.15) is 0 Å². The molecule has 0 aliphatic carbocycles. The fraction of sp³-hybridized carbons (Fsp3) is 0.950. The smallest absolute Gasteiger partial charge is 0.224 e. The standard InChI is InChI=1S/C20H40N2O/c1-2-3-4-5-6-7-8-9-10-11-12-13-17-22-20(23)19-15-14-16-21-18-19/h19,21H,2-18H2,1H3,(H,22,23)/t19-/m1/s1. The van der Waals surface area contributed by atoms with Crippen LogP contribution in [0.3, 0.4) is 0 Å². The summed E-state index contributed by atoms with van der Waals surface area (Å²) < 4.78 is 0. The number of hydrogen-bond acceptors (Lipinski definition) is 2. The van der Waals surface area contributed by atoms with Crippen molar-refractivity contribution in [3.63, 3.8) is 0 Å². The highest BCUT2D eigenvalue weighted by atomic mass is 16.1. The number of carbonyl (C=O) groups is 1. The van der Waals surface area contributed by atoms with Crippen LogP contribution in [0.15, 0.2) is 0 Å². The second kappa shape index (κ2) is 15.0. The molecule has 0 spiro atoms. The molecule has 1 saturated heterocycles. The van der Waals surface area contributed by atoms with E-state index in [1.165, 1.54) is 70.6 Å². The first-order chi connectivity index (χ1) is 11.3. The quantitative estimate of drug-likeness (QED) is 0.450. The third kappa shape index (κ3) is 11.6. The predicted octanol–water partition coefficient (Wildman–Crippen LogP) is 4.80. The Morgan fingerprint density at radius 2 is 1.48 bits per heavy atom. The van der Waals surface area contributed by atoms with E-state index in [4.69, 9.17) is 0 Å². The lowest BCUT2D eigenvalue weighted by Gasteiger charge is -2.21. The summed E-state index contributed by atoms with van der Waals surface area (Å²) in [5.74, 6) is 0.473. The maximum Gasteiger partial charge on any atom is 0.224 e. The number of nitrogens with one attached hydrogen (secondary N) is 2. The van der Waals surface area contributed by atoms with Crippen molar-refractivity contribution in [1.82, 2.24) is 10.6 Å². The van der Waals surface area contributed by atoms with Crippen LogP contribution >= 0.6 is 0 Å². The molecular formula is C20H40N2O. The van der Waals surface area contributed by atoms with E-state index in [2.05, 4.69) is 17.6 Å². The molecule has 1 rings (SSSR count). The summed E-state index contributed by atoms with van der Waals surface area (Å²) >= 11 is 0. The van der Waals surface area contributed by atoms with Crippen molar-refractivity contribution in [1.29, 1.82) is 0 Å². The van der Waals surface area contributed by atoms with E-state index in [0.717, 1.165) is 38.9 Å². The van der Waals surface area contributed by atoms with Crippen LogP contribution in [0.5, 0.6) is 0 Å². The molecule has 23 heavy (non-hydrogen) atoms. The lowest BCUT2D eigenvalue weighted by Crippen LogP contribution is -2.40. The summed E-state index contributed by atoms with van der Waals surface area (Å²) in [5.41, 5.74) is 0. The average molecular weight is 325 g/mol.